The molecule has 0 spiro atoms. The zero-order valence-electron chi connectivity index (χ0n) is 19.0. The van der Waals surface area contributed by atoms with Gasteiger partial charge in [0, 0.05) is 50.0 Å². The molecule has 0 unspecified atom stereocenters. The molecule has 0 atom stereocenters. The lowest BCUT2D eigenvalue weighted by Gasteiger charge is -2.37. The lowest BCUT2D eigenvalue weighted by molar-refractivity contribution is 0.224. The lowest BCUT2D eigenvalue weighted by Crippen LogP contribution is -2.47. The molecule has 2 aromatic rings. The Kier molecular flexibility index (Phi) is 5.91. The third-order valence-electron chi connectivity index (χ3n) is 7.19. The number of rotatable bonds is 6. The number of allylic oxidation sites excluding steroid dienone is 1. The molecule has 0 bridgehead atoms. The summed E-state index contributed by atoms with van der Waals surface area (Å²) in [7, 11) is 0. The molecule has 2 heterocycles. The average molecular weight is 419 g/mol. The van der Waals surface area contributed by atoms with E-state index in [-0.39, 0.29) is 0 Å². The van der Waals surface area contributed by atoms with E-state index >= 15 is 0 Å². The predicted octanol–water partition coefficient (Wildman–Crippen LogP) is 5.22. The molecule has 1 aliphatic carbocycles. The quantitative estimate of drug-likeness (QED) is 0.600. The van der Waals surface area contributed by atoms with E-state index in [0.29, 0.717) is 0 Å². The normalized spacial score (nSPS) is 18.6. The summed E-state index contributed by atoms with van der Waals surface area (Å²) >= 11 is 0. The van der Waals surface area contributed by atoms with Gasteiger partial charge in [0.1, 0.15) is 18.1 Å². The molecule has 4 heteroatoms. The molecule has 0 aromatic heterocycles. The fourth-order valence-corrected chi connectivity index (χ4v) is 5.19. The van der Waals surface area contributed by atoms with Crippen molar-refractivity contribution in [1.82, 2.24) is 4.90 Å². The van der Waals surface area contributed by atoms with Crippen molar-refractivity contribution < 1.29 is 9.47 Å². The maximum absolute atomic E-state index is 6.06. The summed E-state index contributed by atoms with van der Waals surface area (Å²) in [4.78, 5) is 5.10. The van der Waals surface area contributed by atoms with Crippen molar-refractivity contribution in [3.8, 4) is 11.5 Å². The number of hydrogen-bond donors (Lipinski definition) is 0. The summed E-state index contributed by atoms with van der Waals surface area (Å²) in [5, 5.41) is 0. The highest BCUT2D eigenvalue weighted by Crippen LogP contribution is 2.43. The number of benzene rings is 2. The minimum absolute atomic E-state index is 0.754. The van der Waals surface area contributed by atoms with Crippen molar-refractivity contribution in [3.05, 3.63) is 58.7 Å². The van der Waals surface area contributed by atoms with Gasteiger partial charge in [0.15, 0.2) is 0 Å². The number of nitrogens with zero attached hydrogens (tertiary/aromatic N) is 2. The second kappa shape index (κ2) is 8.96. The van der Waals surface area contributed by atoms with Crippen LogP contribution in [0, 0.1) is 13.8 Å². The van der Waals surface area contributed by atoms with E-state index in [1.807, 2.05) is 0 Å². The summed E-state index contributed by atoms with van der Waals surface area (Å²) in [6.07, 6.45) is 4.72. The van der Waals surface area contributed by atoms with Crippen molar-refractivity contribution in [2.45, 2.75) is 39.5 Å². The van der Waals surface area contributed by atoms with Crippen LogP contribution in [0.1, 0.15) is 42.4 Å². The van der Waals surface area contributed by atoms with Crippen LogP contribution < -0.4 is 14.4 Å². The number of aryl methyl sites for hydroxylation is 1. The number of piperazine rings is 1. The van der Waals surface area contributed by atoms with Gasteiger partial charge in [-0.1, -0.05) is 12.1 Å². The van der Waals surface area contributed by atoms with Crippen LogP contribution in [0.25, 0.3) is 5.57 Å². The maximum atomic E-state index is 6.06. The molecule has 31 heavy (non-hydrogen) atoms. The molecular formula is C27H34N2O2. The topological polar surface area (TPSA) is 24.9 Å². The van der Waals surface area contributed by atoms with Crippen molar-refractivity contribution >= 4 is 11.3 Å². The Morgan fingerprint density at radius 2 is 1.87 bits per heavy atom. The van der Waals surface area contributed by atoms with Gasteiger partial charge in [-0.2, -0.15) is 0 Å². The first kappa shape index (κ1) is 20.4. The highest BCUT2D eigenvalue weighted by molar-refractivity contribution is 5.77. The van der Waals surface area contributed by atoms with Crippen LogP contribution in [-0.4, -0.2) is 50.8 Å². The highest BCUT2D eigenvalue weighted by Gasteiger charge is 2.24. The van der Waals surface area contributed by atoms with E-state index in [9.17, 15) is 0 Å². The zero-order valence-corrected chi connectivity index (χ0v) is 19.0. The Morgan fingerprint density at radius 1 is 1.00 bits per heavy atom. The second-order valence-electron chi connectivity index (χ2n) is 9.13. The van der Waals surface area contributed by atoms with Crippen LogP contribution >= 0.6 is 0 Å². The molecule has 2 aliphatic heterocycles. The van der Waals surface area contributed by atoms with Crippen molar-refractivity contribution in [1.29, 1.82) is 0 Å². The molecule has 5 rings (SSSR count). The maximum Gasteiger partial charge on any atom is 0.130 e. The van der Waals surface area contributed by atoms with E-state index in [0.717, 1.165) is 63.9 Å². The van der Waals surface area contributed by atoms with Gasteiger partial charge in [-0.05, 0) is 80.0 Å². The van der Waals surface area contributed by atoms with Gasteiger partial charge in [0.05, 0.1) is 6.61 Å². The largest absolute Gasteiger partial charge is 0.493 e. The van der Waals surface area contributed by atoms with Crippen LogP contribution in [0.4, 0.5) is 5.69 Å². The molecule has 2 aromatic carbocycles. The van der Waals surface area contributed by atoms with Crippen LogP contribution in [0.15, 0.2) is 42.0 Å². The summed E-state index contributed by atoms with van der Waals surface area (Å²) in [5.74, 6) is 1.93. The minimum atomic E-state index is 0.754. The molecule has 0 radical (unpaired) electrons. The van der Waals surface area contributed by atoms with E-state index < -0.39 is 0 Å². The molecule has 0 N–H and O–H groups in total. The summed E-state index contributed by atoms with van der Waals surface area (Å²) < 4.78 is 12.1. The Bertz CT molecular complexity index is 973. The first-order valence-corrected chi connectivity index (χ1v) is 11.8. The van der Waals surface area contributed by atoms with Gasteiger partial charge >= 0.3 is 0 Å². The fourth-order valence-electron chi connectivity index (χ4n) is 5.19. The summed E-state index contributed by atoms with van der Waals surface area (Å²) in [6.45, 7) is 11.5. The van der Waals surface area contributed by atoms with E-state index in [1.54, 1.807) is 0 Å². The molecule has 1 fully saturated rings. The van der Waals surface area contributed by atoms with Gasteiger partial charge < -0.3 is 14.4 Å². The Balaban J connectivity index is 1.07. The van der Waals surface area contributed by atoms with Crippen molar-refractivity contribution in [2.75, 3.05) is 50.8 Å². The van der Waals surface area contributed by atoms with Crippen LogP contribution in [-0.2, 0) is 0 Å². The van der Waals surface area contributed by atoms with Gasteiger partial charge in [-0.25, -0.2) is 0 Å². The molecule has 4 nitrogen and oxygen atoms in total. The van der Waals surface area contributed by atoms with Crippen molar-refractivity contribution in [3.63, 3.8) is 0 Å². The molecular weight excluding hydrogens is 384 g/mol. The second-order valence-corrected chi connectivity index (χ2v) is 9.13. The lowest BCUT2D eigenvalue weighted by atomic mass is 9.99. The van der Waals surface area contributed by atoms with Crippen molar-refractivity contribution in [2.24, 2.45) is 0 Å². The molecule has 164 valence electrons. The minimum Gasteiger partial charge on any atom is -0.493 e. The Labute approximate surface area is 186 Å². The van der Waals surface area contributed by atoms with Crippen LogP contribution in [0.5, 0.6) is 11.5 Å². The summed E-state index contributed by atoms with van der Waals surface area (Å²) in [6, 6.07) is 13.0. The van der Waals surface area contributed by atoms with Gasteiger partial charge in [0.25, 0.3) is 0 Å². The highest BCUT2D eigenvalue weighted by atomic mass is 16.5. The van der Waals surface area contributed by atoms with Gasteiger partial charge in [-0.3, -0.25) is 4.90 Å². The SMILES string of the molecule is Cc1cccc(N2CCN(CCCOc3ccc4c(c3)OCC3=C4CCC3)CC2)c1C. The van der Waals surface area contributed by atoms with E-state index in [2.05, 4.69) is 60.0 Å². The Morgan fingerprint density at radius 3 is 2.74 bits per heavy atom. The van der Waals surface area contributed by atoms with Crippen LogP contribution in [0.3, 0.4) is 0 Å². The standard InChI is InChI=1S/C27H34N2O2/c1-20-6-3-9-26(21(20)2)29-15-13-28(14-16-29)12-5-17-30-23-10-11-25-24-8-4-7-22(24)19-31-27(25)18-23/h3,6,9-11,18H,4-5,7-8,12-17,19H2,1-2H3. The Hall–Kier alpha value is -2.46. The van der Waals surface area contributed by atoms with E-state index in [1.165, 1.54) is 52.8 Å². The van der Waals surface area contributed by atoms with Crippen LogP contribution in [0.2, 0.25) is 0 Å². The zero-order chi connectivity index (χ0) is 21.2. The number of hydrogen-bond acceptors (Lipinski definition) is 4. The third kappa shape index (κ3) is 4.31. The number of anilines is 1. The molecule has 0 saturated carbocycles. The first-order chi connectivity index (χ1) is 15.2. The average Bonchev–Trinajstić information content (AvgIpc) is 3.28. The number of ether oxygens (including phenoxy) is 2. The molecule has 3 aliphatic rings. The monoisotopic (exact) mass is 418 g/mol. The third-order valence-corrected chi connectivity index (χ3v) is 7.19. The van der Waals surface area contributed by atoms with Gasteiger partial charge in [-0.15, -0.1) is 0 Å². The molecule has 1 saturated heterocycles. The number of fused-ring (bicyclic) bond motifs is 2. The fraction of sp³-hybridized carbons (Fsp3) is 0.481. The smallest absolute Gasteiger partial charge is 0.130 e. The first-order valence-electron chi connectivity index (χ1n) is 11.8. The summed E-state index contributed by atoms with van der Waals surface area (Å²) in [5.41, 5.74) is 8.50. The predicted molar refractivity (Wildman–Crippen MR) is 127 cm³/mol. The van der Waals surface area contributed by atoms with Gasteiger partial charge in [0.2, 0.25) is 0 Å². The van der Waals surface area contributed by atoms with E-state index in [4.69, 9.17) is 9.47 Å². The molecule has 0 amide bonds.